The zero-order chi connectivity index (χ0) is 53.9. The number of hydrogen-bond acceptors (Lipinski definition) is 15. The van der Waals surface area contributed by atoms with Gasteiger partial charge in [-0.15, -0.1) is 0 Å². The van der Waals surface area contributed by atoms with Gasteiger partial charge in [0.15, 0.2) is 0 Å². The molecule has 406 valence electrons. The number of likely N-dealkylation sites (N-methyl/N-ethyl adjacent to an activating group) is 2. The van der Waals surface area contributed by atoms with Crippen molar-refractivity contribution in [2.75, 3.05) is 93.4 Å². The zero-order valence-electron chi connectivity index (χ0n) is 44.3. The number of imide groups is 1. The van der Waals surface area contributed by atoms with Crippen LogP contribution in [0.4, 0.5) is 5.69 Å². The van der Waals surface area contributed by atoms with Crippen LogP contribution in [0, 0.1) is 23.7 Å². The summed E-state index contributed by atoms with van der Waals surface area (Å²) in [7, 11) is 3.89. The molecule has 2 aliphatic heterocycles. The van der Waals surface area contributed by atoms with Gasteiger partial charge in [-0.1, -0.05) is 54.9 Å². The van der Waals surface area contributed by atoms with E-state index in [2.05, 4.69) is 15.4 Å². The van der Waals surface area contributed by atoms with Gasteiger partial charge >= 0.3 is 0 Å². The van der Waals surface area contributed by atoms with E-state index < -0.39 is 58.2 Å². The first-order valence-electron chi connectivity index (χ1n) is 24.8. The van der Waals surface area contributed by atoms with E-state index >= 15 is 0 Å². The Morgan fingerprint density at radius 3 is 1.90 bits per heavy atom. The van der Waals surface area contributed by atoms with Crippen LogP contribution in [0.2, 0.25) is 0 Å². The Kier molecular flexibility index (Phi) is 25.4. The number of nitrogens with zero attached hydrogens (tertiary/aromatic N) is 4. The van der Waals surface area contributed by atoms with Crippen LogP contribution in [0.5, 0.6) is 0 Å². The number of amides is 7. The maximum Gasteiger partial charge on any atom is 0.264 e. The van der Waals surface area contributed by atoms with E-state index in [4.69, 9.17) is 23.7 Å². The summed E-state index contributed by atoms with van der Waals surface area (Å²) in [6.45, 7) is 15.0. The van der Waals surface area contributed by atoms with Crippen LogP contribution < -0.4 is 15.4 Å². The number of carbonyl (C=O) groups is 7. The van der Waals surface area contributed by atoms with Gasteiger partial charge in [0.05, 0.1) is 100 Å². The van der Waals surface area contributed by atoms with E-state index in [-0.39, 0.29) is 117 Å². The Bertz CT molecular complexity index is 2080. The van der Waals surface area contributed by atoms with E-state index in [1.54, 1.807) is 23.8 Å². The van der Waals surface area contributed by atoms with E-state index in [1.165, 1.54) is 50.6 Å². The van der Waals surface area contributed by atoms with Crippen molar-refractivity contribution in [2.45, 2.75) is 122 Å². The highest BCUT2D eigenvalue weighted by Gasteiger charge is 2.43. The average Bonchev–Trinajstić information content (AvgIpc) is 3.94. The van der Waals surface area contributed by atoms with Gasteiger partial charge in [-0.2, -0.15) is 0 Å². The lowest BCUT2D eigenvalue weighted by molar-refractivity contribution is -0.148. The van der Waals surface area contributed by atoms with E-state index in [0.717, 1.165) is 4.90 Å². The Balaban J connectivity index is 1.54. The van der Waals surface area contributed by atoms with Crippen molar-refractivity contribution in [3.63, 3.8) is 0 Å². The van der Waals surface area contributed by atoms with E-state index in [0.29, 0.717) is 31.5 Å². The van der Waals surface area contributed by atoms with Crippen LogP contribution in [0.25, 0.3) is 0 Å². The molecule has 0 bridgehead atoms. The second-order valence-electron chi connectivity index (χ2n) is 19.3. The summed E-state index contributed by atoms with van der Waals surface area (Å²) in [4.78, 5) is 97.3. The van der Waals surface area contributed by atoms with Crippen molar-refractivity contribution in [2.24, 2.45) is 23.7 Å². The first kappa shape index (κ1) is 61.5. The van der Waals surface area contributed by atoms with Crippen molar-refractivity contribution >= 4 is 57.1 Å². The van der Waals surface area contributed by atoms with E-state index in [1.807, 2.05) is 60.5 Å². The Hall–Kier alpha value is -4.84. The van der Waals surface area contributed by atoms with Crippen molar-refractivity contribution in [1.29, 1.82) is 0 Å². The van der Waals surface area contributed by atoms with Crippen LogP contribution in [0.1, 0.15) is 80.6 Å². The van der Waals surface area contributed by atoms with Crippen molar-refractivity contribution in [3.8, 4) is 0 Å². The summed E-state index contributed by atoms with van der Waals surface area (Å²) < 4.78 is 57.1. The monoisotopic (exact) mass is 1040 g/mol. The first-order valence-corrected chi connectivity index (χ1v) is 26.3. The molecular weight excluding hydrogens is 955 g/mol. The second kappa shape index (κ2) is 29.8. The maximum atomic E-state index is 14.3. The summed E-state index contributed by atoms with van der Waals surface area (Å²) in [5.74, 6) is -4.09. The number of rotatable bonds is 32. The summed E-state index contributed by atoms with van der Waals surface area (Å²) >= 11 is 0. The van der Waals surface area contributed by atoms with Crippen LogP contribution >= 0.6 is 0 Å². The smallest absolute Gasteiger partial charge is 0.264 e. The highest BCUT2D eigenvalue weighted by molar-refractivity contribution is 7.90. The molecule has 3 N–H and O–H groups in total. The minimum absolute atomic E-state index is 0.00183. The second-order valence-corrected chi connectivity index (χ2v) is 20.9. The van der Waals surface area contributed by atoms with Gasteiger partial charge in [0.1, 0.15) is 6.04 Å². The number of ether oxygens (including phenoxy) is 5. The molecule has 0 saturated carbocycles. The number of benzene rings is 1. The lowest BCUT2D eigenvalue weighted by Gasteiger charge is -2.41. The van der Waals surface area contributed by atoms with Gasteiger partial charge in [0.25, 0.3) is 21.8 Å². The minimum atomic E-state index is -4.36. The molecule has 0 unspecified atom stereocenters. The van der Waals surface area contributed by atoms with Crippen molar-refractivity contribution in [3.05, 3.63) is 36.4 Å². The number of likely N-dealkylation sites (tertiary alicyclic amines) is 1. The predicted octanol–water partition coefficient (Wildman–Crippen LogP) is 2.44. The minimum Gasteiger partial charge on any atom is -0.379 e. The van der Waals surface area contributed by atoms with Gasteiger partial charge in [-0.25, -0.2) is 13.1 Å². The average molecular weight is 1040 g/mol. The zero-order valence-corrected chi connectivity index (χ0v) is 45.2. The Labute approximate surface area is 426 Å². The topological polar surface area (TPSA) is 249 Å². The van der Waals surface area contributed by atoms with Gasteiger partial charge in [-0.05, 0) is 69.0 Å². The number of carbonyl (C=O) groups excluding carboxylic acids is 7. The molecule has 7 amide bonds. The van der Waals surface area contributed by atoms with Crippen LogP contribution in [0.15, 0.2) is 41.3 Å². The molecule has 3 rings (SSSR count). The predicted molar refractivity (Wildman–Crippen MR) is 269 cm³/mol. The number of hydrogen-bond donors (Lipinski definition) is 3. The lowest BCUT2D eigenvalue weighted by atomic mass is 9.89. The molecule has 0 aromatic heterocycles. The molecule has 1 saturated heterocycles. The molecule has 0 aliphatic carbocycles. The van der Waals surface area contributed by atoms with Crippen LogP contribution in [-0.2, 0) is 67.3 Å². The normalized spacial score (nSPS) is 18.0. The lowest BCUT2D eigenvalue weighted by Crippen LogP contribution is -2.59. The number of anilines is 1. The van der Waals surface area contributed by atoms with Gasteiger partial charge in [0, 0.05) is 45.7 Å². The third-order valence-corrected chi connectivity index (χ3v) is 14.6. The van der Waals surface area contributed by atoms with Crippen LogP contribution in [0.3, 0.4) is 0 Å². The third kappa shape index (κ3) is 17.7. The summed E-state index contributed by atoms with van der Waals surface area (Å²) in [5, 5.41) is 5.69. The molecule has 72 heavy (non-hydrogen) atoms. The fourth-order valence-corrected chi connectivity index (χ4v) is 10.2. The highest BCUT2D eigenvalue weighted by atomic mass is 32.2. The molecule has 0 spiro atoms. The van der Waals surface area contributed by atoms with Crippen LogP contribution in [-0.4, -0.2) is 194 Å². The SMILES string of the molecule is CC[C@H](C)[C@@H]([C@@H](CC(=O)N1CCC[C@H]1[C@H](OC)[C@@H](C)C(=O)NS(=O)(=O)c1ccc(NC(=O)CCOCCOCCOCCN2C(=O)C=CC2=O)cc1)OC)N(C)C(=O)[C@@H](NC(=O)[C@H](C(C)C)N(C)C)C(C)C. The molecular formula is C50H81N7O14S. The standard InChI is InChI=1S/C50H81N7O14S/c1-13-34(6)46(55(10)50(64)44(32(2)3)52-49(63)45(33(4)5)54(8)9)39(67-11)31-43(61)56-23-14-15-38(56)47(68-12)35(7)48(62)53-72(65,66)37-18-16-36(17-19-37)51-40(58)22-25-69-27-29-71-30-28-70-26-24-57-41(59)20-21-42(57)60/h16-21,32-35,38-39,44-47H,13-15,22-31H2,1-12H3,(H,51,58)(H,52,63)(H,53,62)/t34-,35+,38-,39+,44-,45-,46-,47+/m0/s1. The summed E-state index contributed by atoms with van der Waals surface area (Å²) in [5.41, 5.74) is 0.329. The van der Waals surface area contributed by atoms with Crippen molar-refractivity contribution in [1.82, 2.24) is 29.6 Å². The largest absolute Gasteiger partial charge is 0.379 e. The molecule has 1 fully saturated rings. The van der Waals surface area contributed by atoms with Gasteiger partial charge in [0.2, 0.25) is 29.5 Å². The fourth-order valence-electron chi connectivity index (χ4n) is 9.15. The fraction of sp³-hybridized carbons (Fsp3) is 0.700. The number of methoxy groups -OCH3 is 2. The summed E-state index contributed by atoms with van der Waals surface area (Å²) in [6, 6.07) is 2.94. The Morgan fingerprint density at radius 1 is 0.792 bits per heavy atom. The molecule has 2 heterocycles. The molecule has 2 aliphatic rings. The molecule has 8 atom stereocenters. The quantitative estimate of drug-likeness (QED) is 0.0693. The summed E-state index contributed by atoms with van der Waals surface area (Å²) in [6.07, 6.45) is 2.54. The van der Waals surface area contributed by atoms with E-state index in [9.17, 15) is 42.0 Å². The Morgan fingerprint density at radius 2 is 1.38 bits per heavy atom. The molecule has 1 aromatic carbocycles. The van der Waals surface area contributed by atoms with Crippen molar-refractivity contribution < 1.29 is 65.7 Å². The number of sulfonamides is 1. The molecule has 1 aromatic rings. The van der Waals surface area contributed by atoms with Gasteiger partial charge < -0.3 is 44.1 Å². The molecule has 22 heteroatoms. The molecule has 21 nitrogen and oxygen atoms in total. The number of nitrogens with one attached hydrogen (secondary N) is 3. The maximum absolute atomic E-state index is 14.3. The van der Waals surface area contributed by atoms with Gasteiger partial charge in [-0.3, -0.25) is 43.4 Å². The third-order valence-electron chi connectivity index (χ3n) is 13.2. The highest BCUT2D eigenvalue weighted by Crippen LogP contribution is 2.30. The first-order chi connectivity index (χ1) is 34.0. The molecule has 0 radical (unpaired) electrons.